The Morgan fingerprint density at radius 1 is 0.587 bits per heavy atom. The topological polar surface area (TPSA) is 46.2 Å². The minimum Gasteiger partial charge on any atom is -0.399 e. The molecule has 0 amide bonds. The molecule has 0 aliphatic carbocycles. The van der Waals surface area contributed by atoms with Crippen molar-refractivity contribution in [1.82, 2.24) is 0 Å². The molecule has 2 aromatic carbocycles. The highest BCUT2D eigenvalue weighted by Gasteiger charge is 2.53. The van der Waals surface area contributed by atoms with Gasteiger partial charge in [-0.05, 0) is 218 Å². The predicted molar refractivity (Wildman–Crippen MR) is 282 cm³/mol. The molecule has 2 saturated heterocycles. The van der Waals surface area contributed by atoms with E-state index in [0.717, 1.165) is 23.6 Å². The van der Waals surface area contributed by atoms with Crippen molar-refractivity contribution < 1.29 is 23.5 Å². The van der Waals surface area contributed by atoms with Crippen molar-refractivity contribution in [3.05, 3.63) is 106 Å². The van der Waals surface area contributed by atoms with Gasteiger partial charge in [0.2, 0.25) is 0 Å². The molecular formula is C52H73BBr2O5S3. The Labute approximate surface area is 410 Å². The van der Waals surface area contributed by atoms with E-state index in [0.29, 0.717) is 13.2 Å². The molecule has 346 valence electrons. The first-order valence-corrected chi connectivity index (χ1v) is 26.5. The summed E-state index contributed by atoms with van der Waals surface area (Å²) in [5.41, 5.74) is 10.7. The predicted octanol–water partition coefficient (Wildman–Crippen LogP) is 16.3. The van der Waals surface area contributed by atoms with E-state index in [-0.39, 0.29) is 34.9 Å². The fourth-order valence-corrected chi connectivity index (χ4v) is 11.7. The number of hydrogen-bond donors (Lipinski definition) is 0. The number of aryl methyl sites for hydroxylation is 4. The van der Waals surface area contributed by atoms with Crippen LogP contribution < -0.4 is 4.78 Å². The van der Waals surface area contributed by atoms with Crippen LogP contribution in [-0.2, 0) is 40.1 Å². The van der Waals surface area contributed by atoms with Crippen LogP contribution in [0.1, 0.15) is 142 Å². The van der Waals surface area contributed by atoms with Gasteiger partial charge >= 0.3 is 7.12 Å². The molecule has 5 heterocycles. The van der Waals surface area contributed by atoms with Gasteiger partial charge in [0.25, 0.3) is 0 Å². The minimum absolute atomic E-state index is 0.150. The van der Waals surface area contributed by atoms with Crippen molar-refractivity contribution in [2.24, 2.45) is 0 Å². The Hall–Kier alpha value is -1.64. The van der Waals surface area contributed by atoms with E-state index in [1.807, 2.05) is 29.6 Å². The number of thiophene rings is 3. The van der Waals surface area contributed by atoms with E-state index in [1.54, 1.807) is 11.3 Å². The van der Waals surface area contributed by atoms with Crippen LogP contribution >= 0.6 is 65.9 Å². The molecule has 0 N–H and O–H groups in total. The molecule has 5 nitrogen and oxygen atoms in total. The van der Waals surface area contributed by atoms with Gasteiger partial charge in [0.15, 0.2) is 0 Å². The Morgan fingerprint density at radius 3 is 1.40 bits per heavy atom. The van der Waals surface area contributed by atoms with Gasteiger partial charge < -0.3 is 23.5 Å². The quantitative estimate of drug-likeness (QED) is 0.138. The summed E-state index contributed by atoms with van der Waals surface area (Å²) < 4.78 is 32.6. The van der Waals surface area contributed by atoms with Gasteiger partial charge in [-0.15, -0.1) is 22.7 Å². The Bertz CT molecular complexity index is 2170. The fourth-order valence-electron chi connectivity index (χ4n) is 7.49. The Balaban J connectivity index is 0.000000214. The molecule has 63 heavy (non-hydrogen) atoms. The summed E-state index contributed by atoms with van der Waals surface area (Å²) in [5.74, 6) is 0. The SMILES string of the molecule is C1CCOC1.CCOC(C)(C)c1ccsc1-c1cc(C)c(-c2sccc2C(C)(C)C)cc1C.CCOC(C)(C)c1ccsc1B1OC(C)(C)C(C)(C)O1.Cc1cc(Br)c(C)cc1Br. The van der Waals surface area contributed by atoms with Crippen LogP contribution in [0.3, 0.4) is 0 Å². The zero-order valence-electron chi connectivity index (χ0n) is 41.1. The van der Waals surface area contributed by atoms with Crippen LogP contribution in [0.4, 0.5) is 0 Å². The van der Waals surface area contributed by atoms with Gasteiger partial charge in [0.05, 0.1) is 22.4 Å². The molecule has 0 unspecified atom stereocenters. The molecule has 2 aliphatic rings. The standard InChI is InChI=1S/C25H32OS2.C15H25BO3S.C8H8Br2.C4H8O/c1-9-26-25(7,8)21-11-13-28-23(21)19-15-16(2)18(14-17(19)3)22-20(10-12-27-22)24(4,5)6;1-8-17-13(2,3)11-9-10-20-12(11)16-18-14(4,5)15(6,7)19-16;1-5-3-8(10)6(2)4-7(5)9;1-2-4-5-3-1/h10-15H,9H2,1-8H3;9-10H,8H2,1-7H3;3-4H,1-2H3;1-4H2. The van der Waals surface area contributed by atoms with Gasteiger partial charge in [0, 0.05) is 55.5 Å². The zero-order valence-corrected chi connectivity index (χ0v) is 46.7. The van der Waals surface area contributed by atoms with Gasteiger partial charge in [0.1, 0.15) is 0 Å². The van der Waals surface area contributed by atoms with E-state index in [4.69, 9.17) is 23.5 Å². The second-order valence-electron chi connectivity index (χ2n) is 19.4. The summed E-state index contributed by atoms with van der Waals surface area (Å²) in [6.45, 7) is 39.8. The fraction of sp³-hybridized carbons (Fsp3) is 0.538. The van der Waals surface area contributed by atoms with E-state index in [9.17, 15) is 0 Å². The monoisotopic (exact) mass is 1040 g/mol. The van der Waals surface area contributed by atoms with Crippen molar-refractivity contribution in [1.29, 1.82) is 0 Å². The first kappa shape index (κ1) is 54.0. The molecule has 3 aromatic heterocycles. The number of rotatable bonds is 9. The third-order valence-electron chi connectivity index (χ3n) is 11.9. The van der Waals surface area contributed by atoms with E-state index in [1.165, 1.54) is 76.0 Å². The molecule has 2 fully saturated rings. The maximum absolute atomic E-state index is 6.16. The van der Waals surface area contributed by atoms with Crippen molar-refractivity contribution in [2.75, 3.05) is 26.4 Å². The number of benzene rings is 2. The minimum atomic E-state index is -0.326. The molecule has 0 saturated carbocycles. The van der Waals surface area contributed by atoms with Crippen molar-refractivity contribution in [3.63, 3.8) is 0 Å². The van der Waals surface area contributed by atoms with Crippen LogP contribution in [0.2, 0.25) is 0 Å². The highest BCUT2D eigenvalue weighted by molar-refractivity contribution is 9.11. The van der Waals surface area contributed by atoms with Crippen molar-refractivity contribution in [2.45, 2.75) is 158 Å². The average molecular weight is 1040 g/mol. The van der Waals surface area contributed by atoms with E-state index >= 15 is 0 Å². The first-order valence-electron chi connectivity index (χ1n) is 22.3. The van der Waals surface area contributed by atoms with Crippen molar-refractivity contribution >= 4 is 77.8 Å². The summed E-state index contributed by atoms with van der Waals surface area (Å²) in [6.07, 6.45) is 2.56. The third-order valence-corrected chi connectivity index (χ3v) is 16.5. The lowest BCUT2D eigenvalue weighted by molar-refractivity contribution is -0.0135. The van der Waals surface area contributed by atoms with Crippen LogP contribution in [-0.4, -0.2) is 44.7 Å². The summed E-state index contributed by atoms with van der Waals surface area (Å²) in [6, 6.07) is 15.6. The molecule has 11 heteroatoms. The zero-order chi connectivity index (χ0) is 47.1. The Morgan fingerprint density at radius 2 is 0.984 bits per heavy atom. The summed E-state index contributed by atoms with van der Waals surface area (Å²) in [5, 5.41) is 6.49. The van der Waals surface area contributed by atoms with Gasteiger partial charge in [-0.2, -0.15) is 11.3 Å². The lowest BCUT2D eigenvalue weighted by atomic mass is 9.80. The molecule has 5 aromatic rings. The second kappa shape index (κ2) is 22.4. The number of halogens is 2. The summed E-state index contributed by atoms with van der Waals surface area (Å²) in [7, 11) is -0.310. The molecule has 7 rings (SSSR count). The van der Waals surface area contributed by atoms with E-state index < -0.39 is 0 Å². The molecule has 2 aliphatic heterocycles. The van der Waals surface area contributed by atoms with Crippen molar-refractivity contribution in [3.8, 4) is 20.9 Å². The molecule has 0 bridgehead atoms. The normalized spacial score (nSPS) is 15.9. The smallest absolute Gasteiger partial charge is 0.399 e. The summed E-state index contributed by atoms with van der Waals surface area (Å²) in [4.78, 5) is 2.73. The molecule has 0 atom stereocenters. The lowest BCUT2D eigenvalue weighted by Crippen LogP contribution is -2.41. The van der Waals surface area contributed by atoms with Crippen LogP contribution in [0.5, 0.6) is 0 Å². The summed E-state index contributed by atoms with van der Waals surface area (Å²) >= 11 is 12.3. The van der Waals surface area contributed by atoms with Crippen LogP contribution in [0.15, 0.2) is 67.6 Å². The first-order chi connectivity index (χ1) is 29.3. The second-order valence-corrected chi connectivity index (χ2v) is 23.9. The Kier molecular flexibility index (Phi) is 19.2. The van der Waals surface area contributed by atoms with Gasteiger partial charge in [-0.3, -0.25) is 0 Å². The maximum Gasteiger partial charge on any atom is 0.505 e. The van der Waals surface area contributed by atoms with E-state index in [2.05, 4.69) is 201 Å². The lowest BCUT2D eigenvalue weighted by Gasteiger charge is -2.32. The third kappa shape index (κ3) is 13.7. The molecule has 0 radical (unpaired) electrons. The number of hydrogen-bond acceptors (Lipinski definition) is 8. The molecular weight excluding hydrogens is 971 g/mol. The average Bonchev–Trinajstić information content (AvgIpc) is 4.03. The maximum atomic E-state index is 6.16. The highest BCUT2D eigenvalue weighted by atomic mass is 79.9. The largest absolute Gasteiger partial charge is 0.505 e. The van der Waals surface area contributed by atoms with Crippen LogP contribution in [0, 0.1) is 27.7 Å². The number of ether oxygens (including phenoxy) is 3. The molecule has 0 spiro atoms. The van der Waals surface area contributed by atoms with Crippen LogP contribution in [0.25, 0.3) is 20.9 Å². The highest BCUT2D eigenvalue weighted by Crippen LogP contribution is 2.44. The van der Waals surface area contributed by atoms with Gasteiger partial charge in [-0.1, -0.05) is 52.6 Å². The van der Waals surface area contributed by atoms with Gasteiger partial charge in [-0.25, -0.2) is 0 Å².